The summed E-state index contributed by atoms with van der Waals surface area (Å²) in [6, 6.07) is 8.11. The van der Waals surface area contributed by atoms with Crippen molar-refractivity contribution in [2.75, 3.05) is 39.0 Å². The van der Waals surface area contributed by atoms with Gasteiger partial charge in [-0.2, -0.15) is 0 Å². The zero-order valence-electron chi connectivity index (χ0n) is 19.7. The minimum Gasteiger partial charge on any atom is -0.493 e. The molecule has 11 nitrogen and oxygen atoms in total. The van der Waals surface area contributed by atoms with E-state index in [2.05, 4.69) is 21.2 Å². The van der Waals surface area contributed by atoms with Crippen molar-refractivity contribution >= 4 is 62.5 Å². The molecule has 0 radical (unpaired) electrons. The van der Waals surface area contributed by atoms with Crippen LogP contribution < -0.4 is 24.3 Å². The minimum absolute atomic E-state index is 0.0988. The van der Waals surface area contributed by atoms with Gasteiger partial charge in [0.05, 0.1) is 23.1 Å². The average Bonchev–Trinajstić information content (AvgIpc) is 3.42. The van der Waals surface area contributed by atoms with Gasteiger partial charge < -0.3 is 29.0 Å². The number of benzene rings is 2. The second kappa shape index (κ2) is 11.6. The summed E-state index contributed by atoms with van der Waals surface area (Å²) in [6.07, 6.45) is 1.50. The second-order valence-electron chi connectivity index (χ2n) is 7.51. The number of nitrogens with one attached hydrogen (secondary N) is 1. The molecule has 0 spiro atoms. The number of imide groups is 1. The number of thioether (sulfide) groups is 1. The molecular formula is C24H21BrN2O9S. The van der Waals surface area contributed by atoms with E-state index in [1.807, 2.05) is 0 Å². The Bertz CT molecular complexity index is 1300. The molecular weight excluding hydrogens is 572 g/mol. The maximum atomic E-state index is 12.9. The molecule has 0 atom stereocenters. The number of esters is 1. The maximum Gasteiger partial charge on any atom is 0.344 e. The van der Waals surface area contributed by atoms with Gasteiger partial charge in [-0.1, -0.05) is 0 Å². The Balaban J connectivity index is 1.44. The molecule has 194 valence electrons. The molecule has 13 heteroatoms. The van der Waals surface area contributed by atoms with Crippen LogP contribution in [-0.2, 0) is 19.1 Å². The van der Waals surface area contributed by atoms with Gasteiger partial charge in [-0.25, -0.2) is 4.79 Å². The zero-order valence-corrected chi connectivity index (χ0v) is 22.1. The fraction of sp³-hybridized carbons (Fsp3) is 0.250. The lowest BCUT2D eigenvalue weighted by Gasteiger charge is -2.13. The molecule has 2 aromatic carbocycles. The van der Waals surface area contributed by atoms with Crippen LogP contribution in [0, 0.1) is 0 Å². The van der Waals surface area contributed by atoms with E-state index in [1.165, 1.54) is 13.2 Å². The summed E-state index contributed by atoms with van der Waals surface area (Å²) < 4.78 is 26.7. The van der Waals surface area contributed by atoms with Crippen LogP contribution in [0.2, 0.25) is 0 Å². The molecule has 0 unspecified atom stereocenters. The lowest BCUT2D eigenvalue weighted by atomic mass is 10.2. The molecule has 0 aliphatic carbocycles. The third kappa shape index (κ3) is 6.17. The van der Waals surface area contributed by atoms with Crippen molar-refractivity contribution in [1.82, 2.24) is 4.90 Å². The highest BCUT2D eigenvalue weighted by molar-refractivity contribution is 9.10. The zero-order chi connectivity index (χ0) is 26.5. The Morgan fingerprint density at radius 1 is 1.19 bits per heavy atom. The van der Waals surface area contributed by atoms with Crippen LogP contribution in [0.3, 0.4) is 0 Å². The van der Waals surface area contributed by atoms with Gasteiger partial charge in [0.15, 0.2) is 29.6 Å². The van der Waals surface area contributed by atoms with E-state index in [-0.39, 0.29) is 30.7 Å². The summed E-state index contributed by atoms with van der Waals surface area (Å²) in [5, 5.41) is 2.07. The largest absolute Gasteiger partial charge is 0.493 e. The third-order valence-corrected chi connectivity index (χ3v) is 6.52. The van der Waals surface area contributed by atoms with Crippen molar-refractivity contribution in [1.29, 1.82) is 0 Å². The highest BCUT2D eigenvalue weighted by Gasteiger charge is 2.36. The van der Waals surface area contributed by atoms with Gasteiger partial charge in [-0.3, -0.25) is 19.3 Å². The lowest BCUT2D eigenvalue weighted by Crippen LogP contribution is -2.36. The van der Waals surface area contributed by atoms with Crippen molar-refractivity contribution < 1.29 is 42.9 Å². The summed E-state index contributed by atoms with van der Waals surface area (Å²) >= 11 is 4.09. The van der Waals surface area contributed by atoms with Gasteiger partial charge in [0.2, 0.25) is 12.7 Å². The topological polar surface area (TPSA) is 130 Å². The molecule has 37 heavy (non-hydrogen) atoms. The molecule has 0 saturated carbocycles. The van der Waals surface area contributed by atoms with Gasteiger partial charge in [0.25, 0.3) is 11.1 Å². The van der Waals surface area contributed by atoms with Crippen LogP contribution in [0.1, 0.15) is 12.5 Å². The number of fused-ring (bicyclic) bond motifs is 1. The number of hydrogen-bond acceptors (Lipinski definition) is 10. The van der Waals surface area contributed by atoms with Crippen LogP contribution in [0.4, 0.5) is 10.5 Å². The van der Waals surface area contributed by atoms with E-state index in [9.17, 15) is 19.2 Å². The highest BCUT2D eigenvalue weighted by atomic mass is 79.9. The molecule has 1 saturated heterocycles. The number of carbonyl (C=O) groups excluding carboxylic acids is 4. The Kier molecular flexibility index (Phi) is 8.24. The number of carbonyl (C=O) groups is 4. The van der Waals surface area contributed by atoms with Crippen molar-refractivity contribution in [3.63, 3.8) is 0 Å². The standard InChI is InChI=1S/C24H21BrN2O9S/c1-3-33-21(29)11-34-22-15(25)6-13(7-18(22)32-2)8-19-23(30)27(24(31)37-19)10-20(28)26-14-4-5-16-17(9-14)36-12-35-16/h4-9H,3,10-12H2,1-2H3,(H,26,28)/b19-8-. The number of ether oxygens (including phenoxy) is 5. The minimum atomic E-state index is -0.603. The van der Waals surface area contributed by atoms with E-state index in [4.69, 9.17) is 23.7 Å². The first-order valence-corrected chi connectivity index (χ1v) is 12.5. The predicted octanol–water partition coefficient (Wildman–Crippen LogP) is 3.80. The summed E-state index contributed by atoms with van der Waals surface area (Å²) in [5.74, 6) is -0.0461. The number of nitrogens with zero attached hydrogens (tertiary/aromatic N) is 1. The number of halogens is 1. The molecule has 2 aliphatic heterocycles. The lowest BCUT2D eigenvalue weighted by molar-refractivity contribution is -0.145. The van der Waals surface area contributed by atoms with Gasteiger partial charge in [-0.05, 0) is 70.5 Å². The highest BCUT2D eigenvalue weighted by Crippen LogP contribution is 2.39. The number of methoxy groups -OCH3 is 1. The van der Waals surface area contributed by atoms with E-state index in [0.29, 0.717) is 33.0 Å². The van der Waals surface area contributed by atoms with Crippen molar-refractivity contribution in [2.24, 2.45) is 0 Å². The SMILES string of the molecule is CCOC(=O)COc1c(Br)cc(/C=C2\SC(=O)N(CC(=O)Nc3ccc4c(c3)OCO4)C2=O)cc1OC. The Labute approximate surface area is 224 Å². The van der Waals surface area contributed by atoms with Crippen LogP contribution in [-0.4, -0.2) is 61.6 Å². The molecule has 2 heterocycles. The molecule has 2 aromatic rings. The van der Waals surface area contributed by atoms with Gasteiger partial charge >= 0.3 is 5.97 Å². The molecule has 4 rings (SSSR count). The third-order valence-electron chi connectivity index (χ3n) is 5.02. The van der Waals surface area contributed by atoms with Crippen LogP contribution in [0.15, 0.2) is 39.7 Å². The Morgan fingerprint density at radius 3 is 2.73 bits per heavy atom. The smallest absolute Gasteiger partial charge is 0.344 e. The normalized spacial score (nSPS) is 15.2. The van der Waals surface area contributed by atoms with Crippen LogP contribution >= 0.6 is 27.7 Å². The summed E-state index contributed by atoms with van der Waals surface area (Å²) in [6.45, 7) is 1.26. The quantitative estimate of drug-likeness (QED) is 0.339. The maximum absolute atomic E-state index is 12.9. The molecule has 0 bridgehead atoms. The Hall–Kier alpha value is -3.71. The number of anilines is 1. The number of rotatable bonds is 9. The van der Waals surface area contributed by atoms with Gasteiger partial charge in [0, 0.05) is 11.8 Å². The van der Waals surface area contributed by atoms with Gasteiger partial charge in [0.1, 0.15) is 6.54 Å². The summed E-state index contributed by atoms with van der Waals surface area (Å²) in [4.78, 5) is 50.5. The molecule has 3 amide bonds. The van der Waals surface area contributed by atoms with E-state index < -0.39 is 29.6 Å². The monoisotopic (exact) mass is 592 g/mol. The van der Waals surface area contributed by atoms with Crippen molar-refractivity contribution in [3.8, 4) is 23.0 Å². The number of amides is 3. The first-order chi connectivity index (χ1) is 17.8. The van der Waals surface area contributed by atoms with Crippen molar-refractivity contribution in [3.05, 3.63) is 45.3 Å². The first-order valence-electron chi connectivity index (χ1n) is 10.9. The fourth-order valence-corrected chi connectivity index (χ4v) is 4.82. The summed E-state index contributed by atoms with van der Waals surface area (Å²) in [5.41, 5.74) is 0.974. The fourth-order valence-electron chi connectivity index (χ4n) is 3.40. The molecule has 1 fully saturated rings. The van der Waals surface area contributed by atoms with Gasteiger partial charge in [-0.15, -0.1) is 0 Å². The second-order valence-corrected chi connectivity index (χ2v) is 9.36. The van der Waals surface area contributed by atoms with Crippen LogP contribution in [0.5, 0.6) is 23.0 Å². The van der Waals surface area contributed by atoms with Crippen molar-refractivity contribution in [2.45, 2.75) is 6.92 Å². The van der Waals surface area contributed by atoms with E-state index in [1.54, 1.807) is 37.3 Å². The first kappa shape index (κ1) is 26.4. The van der Waals surface area contributed by atoms with Crippen LogP contribution in [0.25, 0.3) is 6.08 Å². The number of hydrogen-bond donors (Lipinski definition) is 1. The molecule has 0 aromatic heterocycles. The molecule has 2 aliphatic rings. The average molecular weight is 593 g/mol. The van der Waals surface area contributed by atoms with E-state index >= 15 is 0 Å². The summed E-state index contributed by atoms with van der Waals surface area (Å²) in [7, 11) is 1.43. The Morgan fingerprint density at radius 2 is 1.97 bits per heavy atom. The van der Waals surface area contributed by atoms with E-state index in [0.717, 1.165) is 16.7 Å². The molecule has 1 N–H and O–H groups in total. The predicted molar refractivity (Wildman–Crippen MR) is 137 cm³/mol.